The smallest absolute Gasteiger partial charge is 0.270 e. The Kier molecular flexibility index (Phi) is 2.76. The van der Waals surface area contributed by atoms with Crippen LogP contribution in [0.25, 0.3) is 6.08 Å². The summed E-state index contributed by atoms with van der Waals surface area (Å²) in [6, 6.07) is 7.66. The molecule has 92 valence electrons. The Morgan fingerprint density at radius 2 is 2.28 bits per heavy atom. The van der Waals surface area contributed by atoms with E-state index in [2.05, 4.69) is 4.99 Å². The first kappa shape index (κ1) is 11.2. The molecule has 2 heterocycles. The largest absolute Gasteiger partial charge is 0.496 e. The summed E-state index contributed by atoms with van der Waals surface area (Å²) < 4.78 is 7.71. The third-order valence-corrected chi connectivity index (χ3v) is 3.93. The zero-order valence-corrected chi connectivity index (χ0v) is 10.7. The fourth-order valence-corrected chi connectivity index (χ4v) is 3.02. The Labute approximate surface area is 107 Å². The summed E-state index contributed by atoms with van der Waals surface area (Å²) in [5, 5.41) is 0. The summed E-state index contributed by atoms with van der Waals surface area (Å²) in [6.45, 7) is 1.42. The van der Waals surface area contributed by atoms with E-state index in [9.17, 15) is 4.79 Å². The van der Waals surface area contributed by atoms with E-state index < -0.39 is 0 Å². The number of fused-ring (bicyclic) bond motifs is 1. The number of benzene rings is 1. The highest BCUT2D eigenvalue weighted by atomic mass is 32.1. The first-order chi connectivity index (χ1) is 8.79. The van der Waals surface area contributed by atoms with Crippen molar-refractivity contribution in [2.75, 3.05) is 13.7 Å². The monoisotopic (exact) mass is 260 g/mol. The molecule has 2 aromatic rings. The number of methoxy groups -OCH3 is 1. The van der Waals surface area contributed by atoms with Gasteiger partial charge in [0.2, 0.25) is 0 Å². The van der Waals surface area contributed by atoms with Crippen LogP contribution < -0.4 is 19.6 Å². The number of thiazole rings is 1. The van der Waals surface area contributed by atoms with Crippen molar-refractivity contribution in [3.63, 3.8) is 0 Å². The van der Waals surface area contributed by atoms with Gasteiger partial charge in [0, 0.05) is 12.1 Å². The van der Waals surface area contributed by atoms with Crippen LogP contribution in [0.5, 0.6) is 5.75 Å². The summed E-state index contributed by atoms with van der Waals surface area (Å²) in [5.41, 5.74) is 0.958. The molecule has 0 bridgehead atoms. The Morgan fingerprint density at radius 3 is 3.06 bits per heavy atom. The van der Waals surface area contributed by atoms with Crippen molar-refractivity contribution >= 4 is 17.4 Å². The van der Waals surface area contributed by atoms with Crippen LogP contribution in [0, 0.1) is 0 Å². The minimum absolute atomic E-state index is 0.0437. The Morgan fingerprint density at radius 1 is 1.44 bits per heavy atom. The average molecular weight is 260 g/mol. The van der Waals surface area contributed by atoms with Crippen LogP contribution in [0.4, 0.5) is 0 Å². The minimum Gasteiger partial charge on any atom is -0.496 e. The Hall–Kier alpha value is -1.88. The lowest BCUT2D eigenvalue weighted by Crippen LogP contribution is -2.29. The van der Waals surface area contributed by atoms with E-state index >= 15 is 0 Å². The van der Waals surface area contributed by atoms with Gasteiger partial charge in [0.05, 0.1) is 18.2 Å². The molecule has 1 aromatic carbocycles. The second-order valence-corrected chi connectivity index (χ2v) is 4.98. The van der Waals surface area contributed by atoms with E-state index in [0.717, 1.165) is 22.7 Å². The molecule has 1 aliphatic rings. The predicted molar refractivity (Wildman–Crippen MR) is 70.8 cm³/mol. The van der Waals surface area contributed by atoms with Crippen LogP contribution in [0.3, 0.4) is 0 Å². The van der Waals surface area contributed by atoms with Gasteiger partial charge in [-0.3, -0.25) is 14.4 Å². The average Bonchev–Trinajstić information content (AvgIpc) is 2.95. The number of ether oxygens (including phenoxy) is 1. The summed E-state index contributed by atoms with van der Waals surface area (Å²) in [6.07, 6.45) is 1.87. The summed E-state index contributed by atoms with van der Waals surface area (Å²) in [4.78, 5) is 17.2. The van der Waals surface area contributed by atoms with Crippen molar-refractivity contribution < 1.29 is 4.74 Å². The molecule has 0 amide bonds. The molecule has 18 heavy (non-hydrogen) atoms. The normalized spacial score (nSPS) is 14.4. The lowest BCUT2D eigenvalue weighted by atomic mass is 10.2. The van der Waals surface area contributed by atoms with Gasteiger partial charge in [-0.05, 0) is 12.1 Å². The van der Waals surface area contributed by atoms with E-state index in [1.54, 1.807) is 11.7 Å². The second kappa shape index (κ2) is 4.42. The van der Waals surface area contributed by atoms with Gasteiger partial charge in [-0.2, -0.15) is 0 Å². The highest BCUT2D eigenvalue weighted by Crippen LogP contribution is 2.17. The van der Waals surface area contributed by atoms with Crippen LogP contribution in [0.2, 0.25) is 0 Å². The van der Waals surface area contributed by atoms with E-state index in [4.69, 9.17) is 4.74 Å². The summed E-state index contributed by atoms with van der Waals surface area (Å²) in [5.74, 6) is 0.771. The van der Waals surface area contributed by atoms with Gasteiger partial charge >= 0.3 is 0 Å². The van der Waals surface area contributed by atoms with Crippen molar-refractivity contribution in [1.82, 2.24) is 4.57 Å². The van der Waals surface area contributed by atoms with Crippen LogP contribution in [0.1, 0.15) is 5.56 Å². The molecule has 0 unspecified atom stereocenters. The van der Waals surface area contributed by atoms with Gasteiger partial charge in [0.25, 0.3) is 5.56 Å². The van der Waals surface area contributed by atoms with Crippen LogP contribution in [-0.4, -0.2) is 18.2 Å². The molecular formula is C13H12N2O2S. The third kappa shape index (κ3) is 1.76. The van der Waals surface area contributed by atoms with Crippen LogP contribution in [0.15, 0.2) is 34.1 Å². The van der Waals surface area contributed by atoms with E-state index in [-0.39, 0.29) is 5.56 Å². The fourth-order valence-electron chi connectivity index (χ4n) is 2.00. The first-order valence-corrected chi connectivity index (χ1v) is 6.50. The molecule has 0 radical (unpaired) electrons. The number of nitrogens with zero attached hydrogens (tertiary/aromatic N) is 2. The number of aromatic nitrogens is 1. The molecule has 0 saturated heterocycles. The zero-order chi connectivity index (χ0) is 12.5. The maximum Gasteiger partial charge on any atom is 0.270 e. The minimum atomic E-state index is 0.0437. The van der Waals surface area contributed by atoms with Crippen molar-refractivity contribution in [3.05, 3.63) is 49.5 Å². The van der Waals surface area contributed by atoms with Gasteiger partial charge in [0.1, 0.15) is 5.75 Å². The van der Waals surface area contributed by atoms with E-state index in [0.29, 0.717) is 11.1 Å². The number of hydrogen-bond donors (Lipinski definition) is 0. The fraction of sp³-hybridized carbons (Fsp3) is 0.231. The number of para-hydroxylation sites is 1. The molecule has 0 N–H and O–H groups in total. The van der Waals surface area contributed by atoms with Gasteiger partial charge in [0.15, 0.2) is 4.80 Å². The summed E-state index contributed by atoms with van der Waals surface area (Å²) in [7, 11) is 1.63. The van der Waals surface area contributed by atoms with E-state index in [1.807, 2.05) is 30.3 Å². The molecule has 1 aromatic heterocycles. The molecule has 0 atom stereocenters. The third-order valence-electron chi connectivity index (χ3n) is 2.88. The molecule has 5 heteroatoms. The highest BCUT2D eigenvalue weighted by Gasteiger charge is 2.09. The van der Waals surface area contributed by atoms with Crippen molar-refractivity contribution in [2.45, 2.75) is 6.54 Å². The van der Waals surface area contributed by atoms with Crippen LogP contribution >= 0.6 is 11.3 Å². The maximum absolute atomic E-state index is 12.1. The van der Waals surface area contributed by atoms with Crippen molar-refractivity contribution in [2.24, 2.45) is 4.99 Å². The van der Waals surface area contributed by atoms with Gasteiger partial charge < -0.3 is 4.74 Å². The van der Waals surface area contributed by atoms with Gasteiger partial charge in [-0.15, -0.1) is 0 Å². The zero-order valence-electron chi connectivity index (χ0n) is 9.92. The summed E-state index contributed by atoms with van der Waals surface area (Å²) >= 11 is 1.44. The van der Waals surface area contributed by atoms with Crippen molar-refractivity contribution in [1.29, 1.82) is 0 Å². The molecule has 1 aliphatic heterocycles. The lowest BCUT2D eigenvalue weighted by Gasteiger charge is -2.02. The first-order valence-electron chi connectivity index (χ1n) is 5.68. The quantitative estimate of drug-likeness (QED) is 0.783. The number of hydrogen-bond acceptors (Lipinski definition) is 4. The molecular weight excluding hydrogens is 248 g/mol. The molecule has 0 aliphatic carbocycles. The SMILES string of the molecule is COc1ccccc1C=c1sc2n(c1=O)CCN=2. The Balaban J connectivity index is 2.21. The molecule has 0 fully saturated rings. The van der Waals surface area contributed by atoms with Crippen molar-refractivity contribution in [3.8, 4) is 5.75 Å². The topological polar surface area (TPSA) is 43.6 Å². The van der Waals surface area contributed by atoms with E-state index in [1.165, 1.54) is 11.3 Å². The van der Waals surface area contributed by atoms with Gasteiger partial charge in [-0.1, -0.05) is 29.5 Å². The van der Waals surface area contributed by atoms with Gasteiger partial charge in [-0.25, -0.2) is 0 Å². The second-order valence-electron chi connectivity index (χ2n) is 3.97. The predicted octanol–water partition coefficient (Wildman–Crippen LogP) is 0.380. The molecule has 0 saturated carbocycles. The molecule has 0 spiro atoms. The highest BCUT2D eigenvalue weighted by molar-refractivity contribution is 7.07. The lowest BCUT2D eigenvalue weighted by molar-refractivity contribution is 0.414. The molecule has 3 rings (SSSR count). The number of rotatable bonds is 2. The Bertz CT molecular complexity index is 758. The maximum atomic E-state index is 12.1. The van der Waals surface area contributed by atoms with Crippen LogP contribution in [-0.2, 0) is 6.54 Å². The standard InChI is InChI=1S/C13H12N2O2S/c1-17-10-5-3-2-4-9(10)8-11-12(16)15-7-6-14-13(15)18-11/h2-5,8H,6-7H2,1H3. The molecule has 4 nitrogen and oxygen atoms in total.